The highest BCUT2D eigenvalue weighted by molar-refractivity contribution is 6.63. The zero-order valence-corrected chi connectivity index (χ0v) is 13.6. The number of hydrogen-bond acceptors (Lipinski definition) is 5. The van der Waals surface area contributed by atoms with Gasteiger partial charge in [0.1, 0.15) is 5.52 Å². The molecule has 118 valence electrons. The number of halogens is 1. The smallest absolute Gasteiger partial charge is 0.494 e. The van der Waals surface area contributed by atoms with E-state index in [0.717, 1.165) is 0 Å². The highest BCUT2D eigenvalue weighted by Gasteiger charge is 2.53. The fourth-order valence-electron chi connectivity index (χ4n) is 2.49. The first-order valence-corrected chi connectivity index (χ1v) is 7.15. The Kier molecular flexibility index (Phi) is 3.27. The predicted octanol–water partition coefficient (Wildman–Crippen LogP) is 2.58. The van der Waals surface area contributed by atoms with E-state index in [2.05, 4.69) is 4.98 Å². The quantitative estimate of drug-likeness (QED) is 0.798. The molecule has 22 heavy (non-hydrogen) atoms. The number of oxazole rings is 1. The lowest BCUT2D eigenvalue weighted by molar-refractivity contribution is 0.00578. The Morgan fingerprint density at radius 2 is 1.77 bits per heavy atom. The topological polar surface area (TPSA) is 53.7 Å². The summed E-state index contributed by atoms with van der Waals surface area (Å²) in [6.45, 7) is 9.42. The molecule has 1 saturated heterocycles. The van der Waals surface area contributed by atoms with E-state index in [4.69, 9.17) is 18.5 Å². The van der Waals surface area contributed by atoms with E-state index in [-0.39, 0.29) is 11.3 Å². The van der Waals surface area contributed by atoms with Crippen LogP contribution in [0.15, 0.2) is 10.5 Å². The van der Waals surface area contributed by atoms with Gasteiger partial charge in [-0.1, -0.05) is 0 Å². The highest BCUT2D eigenvalue weighted by atomic mass is 19.1. The van der Waals surface area contributed by atoms with Crippen molar-refractivity contribution in [2.45, 2.75) is 45.8 Å². The Hall–Kier alpha value is -1.60. The average Bonchev–Trinajstić information content (AvgIpc) is 2.87. The number of aryl methyl sites for hydroxylation is 1. The molecule has 0 N–H and O–H groups in total. The molecule has 2 aromatic rings. The van der Waals surface area contributed by atoms with Crippen molar-refractivity contribution in [2.24, 2.45) is 0 Å². The van der Waals surface area contributed by atoms with Crippen LogP contribution in [-0.2, 0) is 9.31 Å². The Bertz CT molecular complexity index is 725. The predicted molar refractivity (Wildman–Crippen MR) is 81.0 cm³/mol. The van der Waals surface area contributed by atoms with E-state index in [1.807, 2.05) is 27.7 Å². The molecule has 1 aromatic carbocycles. The lowest BCUT2D eigenvalue weighted by Gasteiger charge is -2.32. The van der Waals surface area contributed by atoms with Gasteiger partial charge >= 0.3 is 7.12 Å². The third-order valence-electron chi connectivity index (χ3n) is 4.43. The Balaban J connectivity index is 2.15. The molecule has 7 heteroatoms. The van der Waals surface area contributed by atoms with Crippen molar-refractivity contribution >= 4 is 23.7 Å². The molecule has 1 aliphatic heterocycles. The molecule has 0 bridgehead atoms. The van der Waals surface area contributed by atoms with E-state index in [1.54, 1.807) is 13.0 Å². The summed E-state index contributed by atoms with van der Waals surface area (Å²) in [5, 5.41) is 0. The van der Waals surface area contributed by atoms with Gasteiger partial charge in [-0.2, -0.15) is 0 Å². The first-order valence-electron chi connectivity index (χ1n) is 7.15. The van der Waals surface area contributed by atoms with Gasteiger partial charge in [0.25, 0.3) is 0 Å². The number of methoxy groups -OCH3 is 1. The molecule has 0 amide bonds. The minimum Gasteiger partial charge on any atom is -0.494 e. The van der Waals surface area contributed by atoms with Gasteiger partial charge in [0, 0.05) is 12.4 Å². The van der Waals surface area contributed by atoms with Crippen LogP contribution in [0, 0.1) is 12.7 Å². The van der Waals surface area contributed by atoms with Crippen molar-refractivity contribution in [3.8, 4) is 5.75 Å². The van der Waals surface area contributed by atoms with Crippen LogP contribution in [0.25, 0.3) is 11.1 Å². The van der Waals surface area contributed by atoms with E-state index >= 15 is 0 Å². The SMILES string of the molecule is COc1c(B2OC(C)(C)C(C)(C)O2)cc2oc(C)nc2c1F. The fraction of sp³-hybridized carbons (Fsp3) is 0.533. The lowest BCUT2D eigenvalue weighted by Crippen LogP contribution is -2.41. The number of nitrogens with zero attached hydrogens (tertiary/aromatic N) is 1. The largest absolute Gasteiger partial charge is 0.498 e. The van der Waals surface area contributed by atoms with Crippen LogP contribution in [0.5, 0.6) is 5.75 Å². The van der Waals surface area contributed by atoms with Crippen LogP contribution >= 0.6 is 0 Å². The second-order valence-corrected chi connectivity index (χ2v) is 6.48. The van der Waals surface area contributed by atoms with Gasteiger partial charge in [-0.05, 0) is 33.8 Å². The number of ether oxygens (including phenoxy) is 1. The molecule has 5 nitrogen and oxygen atoms in total. The second kappa shape index (κ2) is 4.70. The molecule has 0 atom stereocenters. The van der Waals surface area contributed by atoms with Gasteiger partial charge in [-0.3, -0.25) is 0 Å². The van der Waals surface area contributed by atoms with Crippen molar-refractivity contribution in [1.29, 1.82) is 0 Å². The van der Waals surface area contributed by atoms with E-state index < -0.39 is 24.1 Å². The van der Waals surface area contributed by atoms with Crippen molar-refractivity contribution in [3.63, 3.8) is 0 Å². The van der Waals surface area contributed by atoms with Crippen LogP contribution in [0.1, 0.15) is 33.6 Å². The maximum Gasteiger partial charge on any atom is 0.498 e. The molecular formula is C15H19BFNO4. The number of benzene rings is 1. The Labute approximate surface area is 128 Å². The third kappa shape index (κ3) is 2.11. The summed E-state index contributed by atoms with van der Waals surface area (Å²) in [5.41, 5.74) is -0.0888. The first-order chi connectivity index (χ1) is 10.2. The van der Waals surface area contributed by atoms with Crippen LogP contribution < -0.4 is 10.2 Å². The molecule has 0 aliphatic carbocycles. The summed E-state index contributed by atoms with van der Waals surface area (Å²) in [5.74, 6) is -0.108. The van der Waals surface area contributed by atoms with Gasteiger partial charge in [-0.25, -0.2) is 9.37 Å². The molecular weight excluding hydrogens is 288 g/mol. The van der Waals surface area contributed by atoms with Crippen LogP contribution in [0.4, 0.5) is 4.39 Å². The Morgan fingerprint density at radius 3 is 2.32 bits per heavy atom. The minimum absolute atomic E-state index is 0.0688. The van der Waals surface area contributed by atoms with Crippen molar-refractivity contribution in [1.82, 2.24) is 4.98 Å². The summed E-state index contributed by atoms with van der Waals surface area (Å²) in [6.07, 6.45) is 0. The van der Waals surface area contributed by atoms with Crippen molar-refractivity contribution in [3.05, 3.63) is 17.8 Å². The van der Waals surface area contributed by atoms with Gasteiger partial charge in [0.05, 0.1) is 18.3 Å². The number of fused-ring (bicyclic) bond motifs is 1. The number of rotatable bonds is 2. The molecule has 0 saturated carbocycles. The average molecular weight is 307 g/mol. The minimum atomic E-state index is -0.732. The highest BCUT2D eigenvalue weighted by Crippen LogP contribution is 2.38. The summed E-state index contributed by atoms with van der Waals surface area (Å²) in [4.78, 5) is 4.04. The zero-order valence-electron chi connectivity index (χ0n) is 13.6. The maximum absolute atomic E-state index is 14.6. The van der Waals surface area contributed by atoms with Crippen molar-refractivity contribution < 1.29 is 22.9 Å². The summed E-state index contributed by atoms with van der Waals surface area (Å²) in [6, 6.07) is 1.67. The molecule has 1 fully saturated rings. The Morgan fingerprint density at radius 1 is 1.18 bits per heavy atom. The van der Waals surface area contributed by atoms with Crippen LogP contribution in [0.3, 0.4) is 0 Å². The first kappa shape index (κ1) is 15.3. The summed E-state index contributed by atoms with van der Waals surface area (Å²) >= 11 is 0. The molecule has 3 rings (SSSR count). The maximum atomic E-state index is 14.6. The summed E-state index contributed by atoms with van der Waals surface area (Å²) in [7, 11) is 0.676. The lowest BCUT2D eigenvalue weighted by atomic mass is 9.78. The molecule has 1 aromatic heterocycles. The van der Waals surface area contributed by atoms with Gasteiger partial charge < -0.3 is 18.5 Å². The van der Waals surface area contributed by atoms with Crippen LogP contribution in [0.2, 0.25) is 0 Å². The molecule has 0 spiro atoms. The summed E-state index contributed by atoms with van der Waals surface area (Å²) < 4.78 is 37.2. The van der Waals surface area contributed by atoms with Crippen LogP contribution in [-0.4, -0.2) is 30.4 Å². The zero-order chi connectivity index (χ0) is 16.3. The fourth-order valence-corrected chi connectivity index (χ4v) is 2.49. The van der Waals surface area contributed by atoms with Gasteiger partial charge in [-0.15, -0.1) is 0 Å². The molecule has 1 aliphatic rings. The molecule has 0 radical (unpaired) electrons. The van der Waals surface area contributed by atoms with Gasteiger partial charge in [0.15, 0.2) is 23.0 Å². The standard InChI is InChI=1S/C15H19BFNO4/c1-8-18-12-10(20-8)7-9(13(19-6)11(12)17)16-21-14(2,3)15(4,5)22-16/h7H,1-6H3. The van der Waals surface area contributed by atoms with Gasteiger partial charge in [0.2, 0.25) is 0 Å². The van der Waals surface area contributed by atoms with E-state index in [1.165, 1.54) is 7.11 Å². The third-order valence-corrected chi connectivity index (χ3v) is 4.43. The van der Waals surface area contributed by atoms with Crippen molar-refractivity contribution in [2.75, 3.05) is 7.11 Å². The normalized spacial score (nSPS) is 19.9. The van der Waals surface area contributed by atoms with E-state index in [9.17, 15) is 4.39 Å². The monoisotopic (exact) mass is 307 g/mol. The van der Waals surface area contributed by atoms with E-state index in [0.29, 0.717) is 16.9 Å². The number of hydrogen-bond donors (Lipinski definition) is 0. The molecule has 2 heterocycles. The second-order valence-electron chi connectivity index (χ2n) is 6.48. The number of aromatic nitrogens is 1. The molecule has 0 unspecified atom stereocenters.